The van der Waals surface area contributed by atoms with Gasteiger partial charge in [0, 0.05) is 11.3 Å². The highest BCUT2D eigenvalue weighted by molar-refractivity contribution is 7.99. The fraction of sp³-hybridized carbons (Fsp3) is 0.111. The van der Waals surface area contributed by atoms with Gasteiger partial charge in [0.05, 0.1) is 18.6 Å². The Morgan fingerprint density at radius 2 is 1.74 bits per heavy atom. The van der Waals surface area contributed by atoms with Gasteiger partial charge in [-0.05, 0) is 60.2 Å². The van der Waals surface area contributed by atoms with E-state index in [9.17, 15) is 4.79 Å². The molecular formula is C27H25N7O3S. The van der Waals surface area contributed by atoms with Crippen LogP contribution in [0.15, 0.2) is 90.1 Å². The number of anilines is 1. The Morgan fingerprint density at radius 3 is 2.47 bits per heavy atom. The van der Waals surface area contributed by atoms with Crippen LogP contribution in [0.5, 0.6) is 11.5 Å². The molecule has 2 aromatic heterocycles. The molecule has 0 fully saturated rings. The minimum atomic E-state index is -0.194. The van der Waals surface area contributed by atoms with Gasteiger partial charge in [-0.1, -0.05) is 42.1 Å². The average molecular weight is 528 g/mol. The molecule has 192 valence electrons. The highest BCUT2D eigenvalue weighted by Crippen LogP contribution is 2.26. The van der Waals surface area contributed by atoms with Crippen LogP contribution < -0.4 is 20.6 Å². The number of nitrogens with one attached hydrogen (secondary N) is 2. The van der Waals surface area contributed by atoms with E-state index in [-0.39, 0.29) is 11.7 Å². The molecule has 0 radical (unpaired) electrons. The summed E-state index contributed by atoms with van der Waals surface area (Å²) in [6.45, 7) is 0.478. The van der Waals surface area contributed by atoms with Crippen LogP contribution in [-0.2, 0) is 11.4 Å². The number of nitrogens with two attached hydrogens (primary N) is 1. The van der Waals surface area contributed by atoms with Gasteiger partial charge in [0.25, 0.3) is 0 Å². The molecule has 0 bridgehead atoms. The van der Waals surface area contributed by atoms with E-state index in [0.29, 0.717) is 29.0 Å². The van der Waals surface area contributed by atoms with Gasteiger partial charge in [0.1, 0.15) is 23.8 Å². The molecule has 38 heavy (non-hydrogen) atoms. The number of thioether (sulfide) groups is 1. The first-order valence-electron chi connectivity index (χ1n) is 11.7. The Balaban J connectivity index is 1.14. The molecule has 0 atom stereocenters. The van der Waals surface area contributed by atoms with Gasteiger partial charge in [-0.15, -0.1) is 10.2 Å². The van der Waals surface area contributed by atoms with Gasteiger partial charge in [-0.25, -0.2) is 4.68 Å². The average Bonchev–Trinajstić information content (AvgIpc) is 3.59. The van der Waals surface area contributed by atoms with E-state index in [1.165, 1.54) is 16.4 Å². The van der Waals surface area contributed by atoms with Crippen LogP contribution in [0.4, 0.5) is 5.69 Å². The van der Waals surface area contributed by atoms with Crippen molar-refractivity contribution in [2.75, 3.05) is 24.0 Å². The summed E-state index contributed by atoms with van der Waals surface area (Å²) in [5.41, 5.74) is 4.01. The molecule has 2 heterocycles. The zero-order valence-electron chi connectivity index (χ0n) is 20.5. The molecule has 0 saturated heterocycles. The second-order valence-electron chi connectivity index (χ2n) is 8.21. The Bertz CT molecular complexity index is 1500. The van der Waals surface area contributed by atoms with E-state index in [4.69, 9.17) is 15.3 Å². The van der Waals surface area contributed by atoms with E-state index in [1.54, 1.807) is 19.2 Å². The van der Waals surface area contributed by atoms with Crippen molar-refractivity contribution < 1.29 is 14.3 Å². The third-order valence-electron chi connectivity index (χ3n) is 5.59. The SMILES string of the molecule is COc1ccc(-c2cc(-c3nnc(SCC(=O)Nc4ccc(OCc5ccccc5)cc4)n3N)[nH]n2)cc1. The third kappa shape index (κ3) is 5.95. The van der Waals surface area contributed by atoms with Crippen molar-refractivity contribution >= 4 is 23.4 Å². The van der Waals surface area contributed by atoms with E-state index in [1.807, 2.05) is 72.8 Å². The molecule has 5 aromatic rings. The maximum atomic E-state index is 12.5. The first-order valence-corrected chi connectivity index (χ1v) is 12.7. The van der Waals surface area contributed by atoms with E-state index in [0.717, 1.165) is 28.3 Å². The third-order valence-corrected chi connectivity index (χ3v) is 6.53. The summed E-state index contributed by atoms with van der Waals surface area (Å²) in [4.78, 5) is 12.5. The number of carbonyl (C=O) groups is 1. The summed E-state index contributed by atoms with van der Waals surface area (Å²) in [5, 5.41) is 18.8. The smallest absolute Gasteiger partial charge is 0.234 e. The summed E-state index contributed by atoms with van der Waals surface area (Å²) in [7, 11) is 1.62. The highest BCUT2D eigenvalue weighted by Gasteiger charge is 2.16. The second kappa shape index (κ2) is 11.5. The number of aromatic nitrogens is 5. The van der Waals surface area contributed by atoms with E-state index in [2.05, 4.69) is 25.7 Å². The molecule has 3 aromatic carbocycles. The van der Waals surface area contributed by atoms with Crippen LogP contribution >= 0.6 is 11.8 Å². The molecule has 11 heteroatoms. The lowest BCUT2D eigenvalue weighted by molar-refractivity contribution is -0.113. The fourth-order valence-electron chi connectivity index (χ4n) is 3.61. The number of ether oxygens (including phenoxy) is 2. The summed E-state index contributed by atoms with van der Waals surface area (Å²) in [6.07, 6.45) is 0. The van der Waals surface area contributed by atoms with Gasteiger partial charge in [0.15, 0.2) is 0 Å². The number of nitrogens with zero attached hydrogens (tertiary/aromatic N) is 4. The van der Waals surface area contributed by atoms with Crippen LogP contribution in [0.2, 0.25) is 0 Å². The first kappa shape index (κ1) is 24.9. The number of benzene rings is 3. The summed E-state index contributed by atoms with van der Waals surface area (Å²) >= 11 is 1.19. The van der Waals surface area contributed by atoms with Crippen molar-refractivity contribution in [1.82, 2.24) is 25.1 Å². The highest BCUT2D eigenvalue weighted by atomic mass is 32.2. The Labute approximate surface area is 223 Å². The van der Waals surface area contributed by atoms with Crippen molar-refractivity contribution in [3.63, 3.8) is 0 Å². The Kier molecular flexibility index (Phi) is 7.55. The second-order valence-corrected chi connectivity index (χ2v) is 9.15. The molecular weight excluding hydrogens is 502 g/mol. The Morgan fingerprint density at radius 1 is 1.00 bits per heavy atom. The number of amides is 1. The topological polar surface area (TPSA) is 133 Å². The number of H-pyrrole nitrogens is 1. The molecule has 5 rings (SSSR count). The number of methoxy groups -OCH3 is 1. The normalized spacial score (nSPS) is 10.8. The van der Waals surface area contributed by atoms with Gasteiger partial charge >= 0.3 is 0 Å². The number of aromatic amines is 1. The zero-order valence-corrected chi connectivity index (χ0v) is 21.3. The first-order chi connectivity index (χ1) is 18.6. The van der Waals surface area contributed by atoms with Crippen LogP contribution in [0.25, 0.3) is 22.8 Å². The lowest BCUT2D eigenvalue weighted by atomic mass is 10.1. The van der Waals surface area contributed by atoms with Crippen LogP contribution in [0, 0.1) is 0 Å². The maximum absolute atomic E-state index is 12.5. The van der Waals surface area contributed by atoms with Crippen LogP contribution in [0.3, 0.4) is 0 Å². The van der Waals surface area contributed by atoms with Gasteiger partial charge < -0.3 is 20.6 Å². The summed E-state index contributed by atoms with van der Waals surface area (Å²) < 4.78 is 12.3. The number of hydrogen-bond acceptors (Lipinski definition) is 8. The zero-order chi connectivity index (χ0) is 26.3. The largest absolute Gasteiger partial charge is 0.497 e. The van der Waals surface area contributed by atoms with Crippen molar-refractivity contribution in [2.24, 2.45) is 0 Å². The van der Waals surface area contributed by atoms with Crippen molar-refractivity contribution in [2.45, 2.75) is 11.8 Å². The molecule has 10 nitrogen and oxygen atoms in total. The molecule has 0 spiro atoms. The van der Waals surface area contributed by atoms with Crippen molar-refractivity contribution in [3.05, 3.63) is 90.5 Å². The molecule has 0 unspecified atom stereocenters. The van der Waals surface area contributed by atoms with E-state index < -0.39 is 0 Å². The quantitative estimate of drug-likeness (QED) is 0.180. The fourth-order valence-corrected chi connectivity index (χ4v) is 4.26. The minimum Gasteiger partial charge on any atom is -0.497 e. The molecule has 4 N–H and O–H groups in total. The predicted molar refractivity (Wildman–Crippen MR) is 146 cm³/mol. The molecule has 1 amide bonds. The number of rotatable bonds is 10. The summed E-state index contributed by atoms with van der Waals surface area (Å²) in [6, 6.07) is 26.5. The predicted octanol–water partition coefficient (Wildman–Crippen LogP) is 4.37. The molecule has 0 aliphatic carbocycles. The van der Waals surface area contributed by atoms with Gasteiger partial charge in [0.2, 0.25) is 16.9 Å². The number of nitrogen functional groups attached to an aromatic ring is 1. The lowest BCUT2D eigenvalue weighted by Gasteiger charge is -2.08. The molecule has 0 aliphatic rings. The molecule has 0 aliphatic heterocycles. The van der Waals surface area contributed by atoms with Gasteiger partial charge in [-0.3, -0.25) is 9.89 Å². The van der Waals surface area contributed by atoms with Crippen molar-refractivity contribution in [1.29, 1.82) is 0 Å². The van der Waals surface area contributed by atoms with Crippen LogP contribution in [0.1, 0.15) is 5.56 Å². The standard InChI is InChI=1S/C27H25N7O3S/c1-36-21-11-7-19(8-12-21)23-15-24(31-30-23)26-32-33-27(34(26)28)38-17-25(35)29-20-9-13-22(14-10-20)37-16-18-5-3-2-4-6-18/h2-15H,16-17,28H2,1H3,(H,29,35)(H,30,31). The van der Waals surface area contributed by atoms with E-state index >= 15 is 0 Å². The van der Waals surface area contributed by atoms with Gasteiger partial charge in [-0.2, -0.15) is 5.10 Å². The number of hydrogen-bond donors (Lipinski definition) is 3. The van der Waals surface area contributed by atoms with Crippen LogP contribution in [-0.4, -0.2) is 43.8 Å². The lowest BCUT2D eigenvalue weighted by Crippen LogP contribution is -2.16. The maximum Gasteiger partial charge on any atom is 0.234 e. The summed E-state index contributed by atoms with van der Waals surface area (Å²) in [5.74, 6) is 8.02. The molecule has 0 saturated carbocycles. The van der Waals surface area contributed by atoms with Crippen molar-refractivity contribution in [3.8, 4) is 34.3 Å². The minimum absolute atomic E-state index is 0.113. The Hall–Kier alpha value is -4.77. The number of carbonyl (C=O) groups excluding carboxylic acids is 1. The monoisotopic (exact) mass is 527 g/mol.